The van der Waals surface area contributed by atoms with Gasteiger partial charge in [-0.25, -0.2) is 13.8 Å². The minimum Gasteiger partial charge on any atom is -0.487 e. The summed E-state index contributed by atoms with van der Waals surface area (Å²) in [6.07, 6.45) is 1.32. The molecular formula is C20H13F2N3O2. The summed E-state index contributed by atoms with van der Waals surface area (Å²) in [6.45, 7) is -0.0295. The number of benzene rings is 2. The molecular weight excluding hydrogens is 352 g/mol. The van der Waals surface area contributed by atoms with Crippen LogP contribution in [0.1, 0.15) is 21.6 Å². The molecule has 0 saturated carbocycles. The third kappa shape index (κ3) is 4.25. The number of aromatic nitrogens is 1. The van der Waals surface area contributed by atoms with Crippen LogP contribution < -0.4 is 10.5 Å². The SMILES string of the molecule is N#Cc1cc(F)cc(COc2cnc(C(N)=O)cc2-c2ccc(F)cc2)c1. The van der Waals surface area contributed by atoms with E-state index in [1.807, 2.05) is 6.07 Å². The van der Waals surface area contributed by atoms with Crippen molar-refractivity contribution in [2.45, 2.75) is 6.61 Å². The number of amides is 1. The number of nitriles is 1. The fraction of sp³-hybridized carbons (Fsp3) is 0.0500. The van der Waals surface area contributed by atoms with Gasteiger partial charge in [-0.2, -0.15) is 5.26 Å². The topological polar surface area (TPSA) is 89.0 Å². The zero-order valence-corrected chi connectivity index (χ0v) is 13.9. The molecule has 0 unspecified atom stereocenters. The third-order valence-electron chi connectivity index (χ3n) is 3.76. The van der Waals surface area contributed by atoms with E-state index in [0.717, 1.165) is 6.07 Å². The Labute approximate surface area is 153 Å². The first-order chi connectivity index (χ1) is 13.0. The zero-order valence-electron chi connectivity index (χ0n) is 13.9. The maximum absolute atomic E-state index is 13.6. The van der Waals surface area contributed by atoms with E-state index in [-0.39, 0.29) is 17.9 Å². The van der Waals surface area contributed by atoms with Crippen LogP contribution in [0.5, 0.6) is 5.75 Å². The van der Waals surface area contributed by atoms with Crippen LogP contribution in [-0.2, 0) is 6.61 Å². The van der Waals surface area contributed by atoms with Crippen molar-refractivity contribution >= 4 is 5.91 Å². The van der Waals surface area contributed by atoms with E-state index in [2.05, 4.69) is 4.98 Å². The minimum atomic E-state index is -0.714. The summed E-state index contributed by atoms with van der Waals surface area (Å²) in [6, 6.07) is 12.8. The van der Waals surface area contributed by atoms with Gasteiger partial charge in [-0.1, -0.05) is 12.1 Å². The molecule has 7 heteroatoms. The monoisotopic (exact) mass is 365 g/mol. The van der Waals surface area contributed by atoms with Crippen molar-refractivity contribution in [1.29, 1.82) is 5.26 Å². The molecule has 1 heterocycles. The second-order valence-electron chi connectivity index (χ2n) is 5.69. The number of carbonyl (C=O) groups excluding carboxylic acids is 1. The van der Waals surface area contributed by atoms with Gasteiger partial charge in [0, 0.05) is 5.56 Å². The number of nitrogens with two attached hydrogens (primary N) is 1. The van der Waals surface area contributed by atoms with E-state index in [0.29, 0.717) is 22.4 Å². The molecule has 0 atom stereocenters. The van der Waals surface area contributed by atoms with Crippen LogP contribution in [0.15, 0.2) is 54.7 Å². The van der Waals surface area contributed by atoms with Crippen LogP contribution >= 0.6 is 0 Å². The van der Waals surface area contributed by atoms with Gasteiger partial charge in [0.15, 0.2) is 0 Å². The van der Waals surface area contributed by atoms with Crippen molar-refractivity contribution in [1.82, 2.24) is 4.98 Å². The van der Waals surface area contributed by atoms with Crippen LogP contribution in [0.3, 0.4) is 0 Å². The highest BCUT2D eigenvalue weighted by molar-refractivity contribution is 5.92. The second kappa shape index (κ2) is 7.62. The van der Waals surface area contributed by atoms with Crippen molar-refractivity contribution in [3.8, 4) is 22.9 Å². The van der Waals surface area contributed by atoms with Gasteiger partial charge in [0.1, 0.15) is 29.7 Å². The molecule has 1 aromatic heterocycles. The molecule has 134 valence electrons. The van der Waals surface area contributed by atoms with E-state index in [9.17, 15) is 13.6 Å². The van der Waals surface area contributed by atoms with Crippen molar-refractivity contribution in [2.75, 3.05) is 0 Å². The van der Waals surface area contributed by atoms with Gasteiger partial charge in [-0.15, -0.1) is 0 Å². The molecule has 2 N–H and O–H groups in total. The van der Waals surface area contributed by atoms with Crippen molar-refractivity contribution in [3.05, 3.63) is 83.2 Å². The van der Waals surface area contributed by atoms with Gasteiger partial charge >= 0.3 is 0 Å². The highest BCUT2D eigenvalue weighted by Crippen LogP contribution is 2.31. The normalized spacial score (nSPS) is 10.3. The highest BCUT2D eigenvalue weighted by atomic mass is 19.1. The Hall–Kier alpha value is -3.79. The molecule has 0 radical (unpaired) electrons. The maximum Gasteiger partial charge on any atom is 0.267 e. The van der Waals surface area contributed by atoms with Gasteiger partial charge in [0.2, 0.25) is 0 Å². The fourth-order valence-electron chi connectivity index (χ4n) is 2.51. The highest BCUT2D eigenvalue weighted by Gasteiger charge is 2.13. The minimum absolute atomic E-state index is 0.0270. The van der Waals surface area contributed by atoms with Crippen LogP contribution in [0, 0.1) is 23.0 Å². The predicted octanol–water partition coefficient (Wildman–Crippen LogP) is 3.58. The number of primary amides is 1. The molecule has 3 rings (SSSR count). The Morgan fingerprint density at radius 1 is 1.11 bits per heavy atom. The summed E-state index contributed by atoms with van der Waals surface area (Å²) in [5.74, 6) is -1.37. The number of halogens is 2. The maximum atomic E-state index is 13.6. The number of carbonyl (C=O) groups is 1. The lowest BCUT2D eigenvalue weighted by atomic mass is 10.0. The van der Waals surface area contributed by atoms with Crippen molar-refractivity contribution in [3.63, 3.8) is 0 Å². The van der Waals surface area contributed by atoms with Crippen LogP contribution in [0.25, 0.3) is 11.1 Å². The second-order valence-corrected chi connectivity index (χ2v) is 5.69. The molecule has 5 nitrogen and oxygen atoms in total. The molecule has 0 fully saturated rings. The Morgan fingerprint density at radius 3 is 2.52 bits per heavy atom. The molecule has 1 amide bonds. The van der Waals surface area contributed by atoms with E-state index in [4.69, 9.17) is 15.7 Å². The van der Waals surface area contributed by atoms with E-state index < -0.39 is 17.5 Å². The molecule has 0 aliphatic carbocycles. The summed E-state index contributed by atoms with van der Waals surface area (Å²) in [5.41, 5.74) is 7.00. The van der Waals surface area contributed by atoms with Gasteiger partial charge in [0.25, 0.3) is 5.91 Å². The number of rotatable bonds is 5. The van der Waals surface area contributed by atoms with Gasteiger partial charge in [0.05, 0.1) is 17.8 Å². The number of hydrogen-bond donors (Lipinski definition) is 1. The average molecular weight is 365 g/mol. The van der Waals surface area contributed by atoms with Gasteiger partial charge in [-0.3, -0.25) is 4.79 Å². The van der Waals surface area contributed by atoms with Crippen LogP contribution in [0.2, 0.25) is 0 Å². The lowest BCUT2D eigenvalue weighted by molar-refractivity contribution is 0.0995. The summed E-state index contributed by atoms with van der Waals surface area (Å²) >= 11 is 0. The predicted molar refractivity (Wildman–Crippen MR) is 93.6 cm³/mol. The standard InChI is InChI=1S/C20H13F2N3O2/c21-15-3-1-14(2-4-15)17-8-18(20(24)26)25-10-19(17)27-11-13-5-12(9-23)6-16(22)7-13/h1-8,10H,11H2,(H2,24,26). The summed E-state index contributed by atoms with van der Waals surface area (Å²) in [5, 5.41) is 8.93. The lowest BCUT2D eigenvalue weighted by Crippen LogP contribution is -2.13. The largest absolute Gasteiger partial charge is 0.487 e. The molecule has 27 heavy (non-hydrogen) atoms. The average Bonchev–Trinajstić information content (AvgIpc) is 2.66. The molecule has 0 aliphatic heterocycles. The number of pyridine rings is 1. The van der Waals surface area contributed by atoms with Crippen molar-refractivity contribution in [2.24, 2.45) is 5.73 Å². The third-order valence-corrected chi connectivity index (χ3v) is 3.76. The summed E-state index contributed by atoms with van der Waals surface area (Å²) in [7, 11) is 0. The fourth-order valence-corrected chi connectivity index (χ4v) is 2.51. The molecule has 0 spiro atoms. The smallest absolute Gasteiger partial charge is 0.267 e. The van der Waals surface area contributed by atoms with E-state index in [1.165, 1.54) is 48.7 Å². The first-order valence-electron chi connectivity index (χ1n) is 7.84. The van der Waals surface area contributed by atoms with Crippen molar-refractivity contribution < 1.29 is 18.3 Å². The zero-order chi connectivity index (χ0) is 19.4. The first-order valence-corrected chi connectivity index (χ1v) is 7.84. The first kappa shape index (κ1) is 18.0. The van der Waals surface area contributed by atoms with Crippen LogP contribution in [-0.4, -0.2) is 10.9 Å². The summed E-state index contributed by atoms with van der Waals surface area (Å²) < 4.78 is 32.5. The Bertz CT molecular complexity index is 1040. The Morgan fingerprint density at radius 2 is 1.85 bits per heavy atom. The lowest BCUT2D eigenvalue weighted by Gasteiger charge is -2.13. The van der Waals surface area contributed by atoms with Gasteiger partial charge < -0.3 is 10.5 Å². The van der Waals surface area contributed by atoms with E-state index in [1.54, 1.807) is 0 Å². The van der Waals surface area contributed by atoms with Crippen LogP contribution in [0.4, 0.5) is 8.78 Å². The van der Waals surface area contributed by atoms with E-state index >= 15 is 0 Å². The number of hydrogen-bond acceptors (Lipinski definition) is 4. The molecule has 3 aromatic rings. The Balaban J connectivity index is 1.95. The molecule has 2 aromatic carbocycles. The summed E-state index contributed by atoms with van der Waals surface area (Å²) in [4.78, 5) is 15.4. The molecule has 0 bridgehead atoms. The number of ether oxygens (including phenoxy) is 1. The molecule has 0 saturated heterocycles. The van der Waals surface area contributed by atoms with Gasteiger partial charge in [-0.05, 0) is 47.5 Å². The Kier molecular flexibility index (Phi) is 5.08. The number of nitrogens with zero attached hydrogens (tertiary/aromatic N) is 2. The quantitative estimate of drug-likeness (QED) is 0.748. The molecule has 0 aliphatic rings.